The number of thioether (sulfide) groups is 1. The predicted molar refractivity (Wildman–Crippen MR) is 89.5 cm³/mol. The highest BCUT2D eigenvalue weighted by Crippen LogP contribution is 2.26. The molecule has 0 aliphatic heterocycles. The number of halogens is 1. The van der Waals surface area contributed by atoms with Crippen LogP contribution in [0.1, 0.15) is 36.9 Å². The molecule has 0 aromatic heterocycles. The smallest absolute Gasteiger partial charge is 0.123 e. The molecule has 0 bridgehead atoms. The third-order valence-corrected chi connectivity index (χ3v) is 4.69. The molecule has 2 rings (SSSR count). The normalized spacial score (nSPS) is 12.6. The zero-order valence-corrected chi connectivity index (χ0v) is 13.6. The van der Waals surface area contributed by atoms with Crippen LogP contribution >= 0.6 is 11.8 Å². The summed E-state index contributed by atoms with van der Waals surface area (Å²) >= 11 is 1.74. The van der Waals surface area contributed by atoms with E-state index < -0.39 is 0 Å². The summed E-state index contributed by atoms with van der Waals surface area (Å²) < 4.78 is 12.9. The van der Waals surface area contributed by atoms with Crippen LogP contribution in [0.5, 0.6) is 0 Å². The van der Waals surface area contributed by atoms with Crippen molar-refractivity contribution in [1.29, 1.82) is 0 Å². The highest BCUT2D eigenvalue weighted by Gasteiger charge is 2.10. The Morgan fingerprint density at radius 3 is 2.05 bits per heavy atom. The maximum atomic E-state index is 12.9. The second-order valence-electron chi connectivity index (χ2n) is 5.43. The zero-order chi connectivity index (χ0) is 15.2. The summed E-state index contributed by atoms with van der Waals surface area (Å²) in [6.07, 6.45) is 0. The van der Waals surface area contributed by atoms with Crippen LogP contribution in [0, 0.1) is 5.82 Å². The highest BCUT2D eigenvalue weighted by molar-refractivity contribution is 7.99. The molecule has 0 heterocycles. The Hall–Kier alpha value is -1.32. The first-order valence-electron chi connectivity index (χ1n) is 7.25. The Balaban J connectivity index is 2.00. The monoisotopic (exact) mass is 303 g/mol. The van der Waals surface area contributed by atoms with Crippen LogP contribution in [0.3, 0.4) is 0 Å². The second-order valence-corrected chi connectivity index (χ2v) is 6.52. The summed E-state index contributed by atoms with van der Waals surface area (Å²) in [5.74, 6) is 1.29. The maximum absolute atomic E-state index is 12.9. The molecule has 2 aromatic rings. The molecule has 0 saturated carbocycles. The van der Waals surface area contributed by atoms with Crippen LogP contribution in [-0.2, 0) is 0 Å². The van der Waals surface area contributed by atoms with Gasteiger partial charge in [-0.2, -0.15) is 0 Å². The lowest BCUT2D eigenvalue weighted by Crippen LogP contribution is -2.18. The quantitative estimate of drug-likeness (QED) is 0.754. The third kappa shape index (κ3) is 4.58. The van der Waals surface area contributed by atoms with Gasteiger partial charge in [0.05, 0.1) is 0 Å². The maximum Gasteiger partial charge on any atom is 0.123 e. The molecule has 0 fully saturated rings. The summed E-state index contributed by atoms with van der Waals surface area (Å²) in [6.45, 7) is 4.41. The van der Waals surface area contributed by atoms with Crippen LogP contribution in [0.15, 0.2) is 53.4 Å². The van der Waals surface area contributed by atoms with E-state index in [1.165, 1.54) is 23.3 Å². The first-order chi connectivity index (χ1) is 10.1. The minimum Gasteiger partial charge on any atom is -0.312 e. The van der Waals surface area contributed by atoms with Gasteiger partial charge in [0.25, 0.3) is 0 Å². The fourth-order valence-electron chi connectivity index (χ4n) is 2.17. The lowest BCUT2D eigenvalue weighted by molar-refractivity contribution is 0.626. The molecule has 2 aromatic carbocycles. The Morgan fingerprint density at radius 1 is 0.952 bits per heavy atom. The van der Waals surface area contributed by atoms with Gasteiger partial charge in [-0.15, -0.1) is 11.8 Å². The van der Waals surface area contributed by atoms with Gasteiger partial charge in [0, 0.05) is 16.7 Å². The molecule has 1 N–H and O–H groups in total. The number of nitrogens with one attached hydrogen (secondary N) is 1. The molecule has 3 heteroatoms. The van der Waals surface area contributed by atoms with E-state index in [9.17, 15) is 4.39 Å². The Kier molecular flexibility index (Phi) is 5.83. The van der Waals surface area contributed by atoms with Crippen molar-refractivity contribution in [2.75, 3.05) is 12.8 Å². The van der Waals surface area contributed by atoms with Crippen molar-refractivity contribution in [1.82, 2.24) is 5.32 Å². The summed E-state index contributed by atoms with van der Waals surface area (Å²) in [4.78, 5) is 1.09. The van der Waals surface area contributed by atoms with E-state index in [1.807, 2.05) is 19.2 Å². The van der Waals surface area contributed by atoms with E-state index in [0.717, 1.165) is 10.6 Å². The summed E-state index contributed by atoms with van der Waals surface area (Å²) in [5, 5.41) is 3.35. The molecule has 1 unspecified atom stereocenters. The van der Waals surface area contributed by atoms with Gasteiger partial charge in [0.1, 0.15) is 5.82 Å². The highest BCUT2D eigenvalue weighted by atomic mass is 32.2. The Labute approximate surface area is 131 Å². The molecule has 0 amide bonds. The van der Waals surface area contributed by atoms with Gasteiger partial charge >= 0.3 is 0 Å². The molecular weight excluding hydrogens is 281 g/mol. The molecule has 0 saturated heterocycles. The van der Waals surface area contributed by atoms with Gasteiger partial charge in [-0.05, 0) is 48.4 Å². The van der Waals surface area contributed by atoms with Gasteiger partial charge in [0.15, 0.2) is 0 Å². The topological polar surface area (TPSA) is 12.0 Å². The zero-order valence-electron chi connectivity index (χ0n) is 12.8. The molecule has 0 aliphatic carbocycles. The molecular formula is C18H22FNS. The average Bonchev–Trinajstić information content (AvgIpc) is 2.50. The van der Waals surface area contributed by atoms with Crippen LogP contribution in [0.2, 0.25) is 0 Å². The van der Waals surface area contributed by atoms with Gasteiger partial charge in [0.2, 0.25) is 0 Å². The van der Waals surface area contributed by atoms with Crippen LogP contribution in [0.25, 0.3) is 0 Å². The minimum absolute atomic E-state index is 0.186. The largest absolute Gasteiger partial charge is 0.312 e. The number of hydrogen-bond acceptors (Lipinski definition) is 2. The SMILES string of the molecule is CNC(CSc1ccc(F)cc1)c1ccc(C(C)C)cc1. The van der Waals surface area contributed by atoms with E-state index in [-0.39, 0.29) is 5.82 Å². The standard InChI is InChI=1S/C18H22FNS/c1-13(2)14-4-6-15(7-5-14)18(20-3)12-21-17-10-8-16(19)9-11-17/h4-11,13,18,20H,12H2,1-3H3. The van der Waals surface area contributed by atoms with E-state index in [1.54, 1.807) is 11.8 Å². The number of hydrogen-bond donors (Lipinski definition) is 1. The third-order valence-electron chi connectivity index (χ3n) is 3.58. The van der Waals surface area contributed by atoms with Gasteiger partial charge in [-0.3, -0.25) is 0 Å². The fourth-order valence-corrected chi connectivity index (χ4v) is 3.22. The molecule has 0 spiro atoms. The minimum atomic E-state index is -0.186. The second kappa shape index (κ2) is 7.62. The Bertz CT molecular complexity index is 548. The van der Waals surface area contributed by atoms with Gasteiger partial charge in [-0.25, -0.2) is 4.39 Å². The van der Waals surface area contributed by atoms with Crippen LogP contribution < -0.4 is 5.32 Å². The van der Waals surface area contributed by atoms with Crippen molar-refractivity contribution in [2.24, 2.45) is 0 Å². The first-order valence-corrected chi connectivity index (χ1v) is 8.24. The molecule has 1 atom stereocenters. The van der Waals surface area contributed by atoms with E-state index >= 15 is 0 Å². The molecule has 0 radical (unpaired) electrons. The number of rotatable bonds is 6. The molecule has 21 heavy (non-hydrogen) atoms. The molecule has 1 nitrogen and oxygen atoms in total. The predicted octanol–water partition coefficient (Wildman–Crippen LogP) is 5.00. The molecule has 0 aliphatic rings. The van der Waals surface area contributed by atoms with Crippen molar-refractivity contribution in [2.45, 2.75) is 30.7 Å². The van der Waals surface area contributed by atoms with Crippen molar-refractivity contribution in [3.63, 3.8) is 0 Å². The van der Waals surface area contributed by atoms with Crippen molar-refractivity contribution in [3.05, 3.63) is 65.5 Å². The average molecular weight is 303 g/mol. The summed E-state index contributed by atoms with van der Waals surface area (Å²) in [7, 11) is 1.98. The van der Waals surface area contributed by atoms with Crippen LogP contribution in [-0.4, -0.2) is 12.8 Å². The van der Waals surface area contributed by atoms with Gasteiger partial charge < -0.3 is 5.32 Å². The Morgan fingerprint density at radius 2 is 1.52 bits per heavy atom. The van der Waals surface area contributed by atoms with E-state index in [0.29, 0.717) is 12.0 Å². The first kappa shape index (κ1) is 16.1. The van der Waals surface area contributed by atoms with E-state index in [4.69, 9.17) is 0 Å². The van der Waals surface area contributed by atoms with Crippen molar-refractivity contribution in [3.8, 4) is 0 Å². The number of benzene rings is 2. The summed E-state index contributed by atoms with van der Waals surface area (Å²) in [6, 6.07) is 15.8. The lowest BCUT2D eigenvalue weighted by atomic mass is 10.00. The van der Waals surface area contributed by atoms with Gasteiger partial charge in [-0.1, -0.05) is 38.1 Å². The molecule has 112 valence electrons. The van der Waals surface area contributed by atoms with Crippen molar-refractivity contribution >= 4 is 11.8 Å². The lowest BCUT2D eigenvalue weighted by Gasteiger charge is -2.17. The fraction of sp³-hybridized carbons (Fsp3) is 0.333. The van der Waals surface area contributed by atoms with E-state index in [2.05, 4.69) is 43.4 Å². The van der Waals surface area contributed by atoms with Crippen LogP contribution in [0.4, 0.5) is 4.39 Å². The summed E-state index contributed by atoms with van der Waals surface area (Å²) in [5.41, 5.74) is 2.65. The van der Waals surface area contributed by atoms with Crippen molar-refractivity contribution < 1.29 is 4.39 Å².